The summed E-state index contributed by atoms with van der Waals surface area (Å²) in [5.74, 6) is -0.237. The van der Waals surface area contributed by atoms with Crippen LogP contribution >= 0.6 is 0 Å². The van der Waals surface area contributed by atoms with Crippen LogP contribution in [0.2, 0.25) is 0 Å². The number of nitrogens with zero attached hydrogens (tertiary/aromatic N) is 5. The molecular weight excluding hydrogens is 546 g/mol. The van der Waals surface area contributed by atoms with Crippen LogP contribution in [-0.2, 0) is 27.2 Å². The molecule has 1 aliphatic rings. The van der Waals surface area contributed by atoms with Gasteiger partial charge in [-0.1, -0.05) is 55.8 Å². The largest absolute Gasteiger partial charge is 0.368 e. The number of rotatable bonds is 9. The molecular formula is C32H35N7O4. The van der Waals surface area contributed by atoms with Gasteiger partial charge in [-0.2, -0.15) is 15.3 Å². The zero-order valence-corrected chi connectivity index (χ0v) is 24.4. The van der Waals surface area contributed by atoms with E-state index >= 15 is 0 Å². The second-order valence-electron chi connectivity index (χ2n) is 10.8. The highest BCUT2D eigenvalue weighted by Crippen LogP contribution is 2.31. The molecule has 2 aromatic heterocycles. The van der Waals surface area contributed by atoms with E-state index in [0.717, 1.165) is 28.8 Å². The standard InChI is InChI=1S/C32H35N7O4/c1-3-6-29-28(17-22-9-11-23(12-10-22)27-8-5-4-7-24(27)18-33)31(42)38(32-34-20-35-39(29)32)25-13-15-26(16-14-25)43-19-30(41)37-36-21(2)40/h4-5,7-12,20,25-26H,3,6,13-17,19H2,1-2H3,(H,36,40)(H,37,41)/t25-,26-. The van der Waals surface area contributed by atoms with E-state index in [2.05, 4.69) is 33.9 Å². The van der Waals surface area contributed by atoms with E-state index in [-0.39, 0.29) is 30.2 Å². The minimum Gasteiger partial charge on any atom is -0.368 e. The minimum absolute atomic E-state index is 0.0538. The molecule has 1 saturated carbocycles. The summed E-state index contributed by atoms with van der Waals surface area (Å²) in [4.78, 5) is 41.6. The predicted octanol–water partition coefficient (Wildman–Crippen LogP) is 3.64. The third-order valence-corrected chi connectivity index (χ3v) is 7.84. The Morgan fingerprint density at radius 1 is 1.07 bits per heavy atom. The predicted molar refractivity (Wildman–Crippen MR) is 160 cm³/mol. The van der Waals surface area contributed by atoms with Crippen molar-refractivity contribution in [3.05, 3.63) is 87.6 Å². The molecule has 11 heteroatoms. The summed E-state index contributed by atoms with van der Waals surface area (Å²) in [6.07, 6.45) is 6.13. The fourth-order valence-electron chi connectivity index (χ4n) is 5.77. The van der Waals surface area contributed by atoms with E-state index in [0.29, 0.717) is 55.4 Å². The first-order chi connectivity index (χ1) is 20.9. The summed E-state index contributed by atoms with van der Waals surface area (Å²) in [5.41, 5.74) is 9.51. The van der Waals surface area contributed by atoms with E-state index in [1.165, 1.54) is 13.3 Å². The first-order valence-corrected chi connectivity index (χ1v) is 14.6. The lowest BCUT2D eigenvalue weighted by Gasteiger charge is -2.30. The number of amides is 2. The molecule has 0 aliphatic heterocycles. The second-order valence-corrected chi connectivity index (χ2v) is 10.8. The minimum atomic E-state index is -0.419. The maximum Gasteiger partial charge on any atom is 0.264 e. The SMILES string of the molecule is CCCc1c(Cc2ccc(-c3ccccc3C#N)cc2)c(=O)n([C@H]2CC[C@H](OCC(=O)NNC(C)=O)CC2)c2ncnn12. The van der Waals surface area contributed by atoms with Crippen molar-refractivity contribution in [2.45, 2.75) is 70.9 Å². The molecule has 0 unspecified atom stereocenters. The molecule has 0 spiro atoms. The Balaban J connectivity index is 1.38. The molecule has 1 aliphatic carbocycles. The third kappa shape index (κ3) is 6.65. The molecule has 11 nitrogen and oxygen atoms in total. The highest BCUT2D eigenvalue weighted by atomic mass is 16.5. The molecule has 1 fully saturated rings. The van der Waals surface area contributed by atoms with Crippen LogP contribution in [0.1, 0.15) is 74.4 Å². The van der Waals surface area contributed by atoms with Gasteiger partial charge in [-0.3, -0.25) is 29.8 Å². The van der Waals surface area contributed by atoms with E-state index in [1.807, 2.05) is 47.0 Å². The molecule has 2 N–H and O–H groups in total. The number of carbonyl (C=O) groups excluding carboxylic acids is 2. The third-order valence-electron chi connectivity index (χ3n) is 7.84. The summed E-state index contributed by atoms with van der Waals surface area (Å²) in [7, 11) is 0. The van der Waals surface area contributed by atoms with Gasteiger partial charge in [0.1, 0.15) is 12.9 Å². The van der Waals surface area contributed by atoms with Crippen molar-refractivity contribution in [2.24, 2.45) is 0 Å². The van der Waals surface area contributed by atoms with Gasteiger partial charge in [0.2, 0.25) is 11.7 Å². The lowest BCUT2D eigenvalue weighted by Crippen LogP contribution is -2.43. The first kappa shape index (κ1) is 29.7. The number of nitrogens with one attached hydrogen (secondary N) is 2. The van der Waals surface area contributed by atoms with Crippen molar-refractivity contribution in [3.8, 4) is 17.2 Å². The van der Waals surface area contributed by atoms with Gasteiger partial charge in [0, 0.05) is 24.9 Å². The fourth-order valence-corrected chi connectivity index (χ4v) is 5.77. The highest BCUT2D eigenvalue weighted by Gasteiger charge is 2.28. The molecule has 4 aromatic rings. The van der Waals surface area contributed by atoms with Gasteiger partial charge in [-0.25, -0.2) is 4.52 Å². The molecule has 2 aromatic carbocycles. The number of benzene rings is 2. The molecule has 0 radical (unpaired) electrons. The Labute approximate surface area is 249 Å². The second kappa shape index (κ2) is 13.4. The molecule has 2 amide bonds. The number of aromatic nitrogens is 4. The average Bonchev–Trinajstić information content (AvgIpc) is 3.51. The quantitative estimate of drug-likeness (QED) is 0.287. The van der Waals surface area contributed by atoms with Gasteiger partial charge in [0.05, 0.1) is 23.4 Å². The molecule has 0 saturated heterocycles. The number of ether oxygens (including phenoxy) is 1. The maximum atomic E-state index is 14.2. The number of hydrogen-bond donors (Lipinski definition) is 2. The maximum absolute atomic E-state index is 14.2. The number of hydrogen-bond acceptors (Lipinski definition) is 7. The lowest BCUT2D eigenvalue weighted by atomic mass is 9.92. The molecule has 222 valence electrons. The Hall–Kier alpha value is -4.82. The van der Waals surface area contributed by atoms with Gasteiger partial charge in [0.25, 0.3) is 11.5 Å². The van der Waals surface area contributed by atoms with Gasteiger partial charge in [-0.05, 0) is 54.9 Å². The molecule has 2 heterocycles. The number of hydrazine groups is 1. The molecule has 0 atom stereocenters. The van der Waals surface area contributed by atoms with Crippen molar-refractivity contribution in [3.63, 3.8) is 0 Å². The topological polar surface area (TPSA) is 143 Å². The van der Waals surface area contributed by atoms with Crippen LogP contribution in [0.25, 0.3) is 16.9 Å². The van der Waals surface area contributed by atoms with Crippen LogP contribution < -0.4 is 16.4 Å². The van der Waals surface area contributed by atoms with Crippen molar-refractivity contribution >= 4 is 17.6 Å². The van der Waals surface area contributed by atoms with Crippen molar-refractivity contribution in [1.82, 2.24) is 30.0 Å². The van der Waals surface area contributed by atoms with Crippen molar-refractivity contribution < 1.29 is 14.3 Å². The molecule has 43 heavy (non-hydrogen) atoms. The van der Waals surface area contributed by atoms with E-state index in [4.69, 9.17) is 4.74 Å². The number of nitriles is 1. The smallest absolute Gasteiger partial charge is 0.264 e. The Bertz CT molecular complexity index is 1710. The number of aryl methyl sites for hydroxylation is 1. The zero-order valence-electron chi connectivity index (χ0n) is 24.4. The summed E-state index contributed by atoms with van der Waals surface area (Å²) in [6.45, 7) is 3.24. The molecule has 5 rings (SSSR count). The highest BCUT2D eigenvalue weighted by molar-refractivity contribution is 5.81. The first-order valence-electron chi connectivity index (χ1n) is 14.6. The van der Waals surface area contributed by atoms with Gasteiger partial charge in [-0.15, -0.1) is 0 Å². The van der Waals surface area contributed by atoms with Crippen LogP contribution in [0.3, 0.4) is 0 Å². The van der Waals surface area contributed by atoms with Crippen LogP contribution in [0.15, 0.2) is 59.7 Å². The van der Waals surface area contributed by atoms with E-state index < -0.39 is 5.91 Å². The zero-order chi connectivity index (χ0) is 30.3. The van der Waals surface area contributed by atoms with Crippen LogP contribution in [-0.4, -0.2) is 43.7 Å². The molecule has 0 bridgehead atoms. The monoisotopic (exact) mass is 581 g/mol. The number of carbonyl (C=O) groups is 2. The Morgan fingerprint density at radius 3 is 2.51 bits per heavy atom. The van der Waals surface area contributed by atoms with Crippen LogP contribution in [0, 0.1) is 11.3 Å². The summed E-state index contributed by atoms with van der Waals surface area (Å²) < 4.78 is 9.37. The van der Waals surface area contributed by atoms with Gasteiger partial charge in [0.15, 0.2) is 0 Å². The van der Waals surface area contributed by atoms with Gasteiger partial charge < -0.3 is 4.74 Å². The van der Waals surface area contributed by atoms with Crippen molar-refractivity contribution in [1.29, 1.82) is 5.26 Å². The average molecular weight is 582 g/mol. The van der Waals surface area contributed by atoms with E-state index in [1.54, 1.807) is 10.6 Å². The Morgan fingerprint density at radius 2 is 1.81 bits per heavy atom. The lowest BCUT2D eigenvalue weighted by molar-refractivity contribution is -0.133. The summed E-state index contributed by atoms with van der Waals surface area (Å²) >= 11 is 0. The normalized spacial score (nSPS) is 16.5. The summed E-state index contributed by atoms with van der Waals surface area (Å²) in [6, 6.07) is 17.7. The fraction of sp³-hybridized carbons (Fsp3) is 0.375. The van der Waals surface area contributed by atoms with Gasteiger partial charge >= 0.3 is 0 Å². The van der Waals surface area contributed by atoms with Crippen LogP contribution in [0.5, 0.6) is 0 Å². The Kier molecular flexibility index (Phi) is 9.27. The number of fused-ring (bicyclic) bond motifs is 1. The van der Waals surface area contributed by atoms with Crippen LogP contribution in [0.4, 0.5) is 0 Å². The summed E-state index contributed by atoms with van der Waals surface area (Å²) in [5, 5.41) is 14.0. The van der Waals surface area contributed by atoms with Crippen molar-refractivity contribution in [2.75, 3.05) is 6.61 Å². The van der Waals surface area contributed by atoms with E-state index in [9.17, 15) is 19.6 Å².